The summed E-state index contributed by atoms with van der Waals surface area (Å²) in [6, 6.07) is 18.9. The Morgan fingerprint density at radius 2 is 1.94 bits per heavy atom. The van der Waals surface area contributed by atoms with Gasteiger partial charge in [0.1, 0.15) is 12.4 Å². The van der Waals surface area contributed by atoms with Gasteiger partial charge in [0.25, 0.3) is 0 Å². The standard InChI is InChI=1S/C24H25N5OS/c1-16-4-2-3-5-19(16)21-15-31-22-9-6-18(12-20(21)22)14-30-24-11-8-17(13-27-24)7-10-23(28-25)29-26/h2-6,8-9,11-13,15H,7,10,14,25-26H2,1H3,(H,28,29). The maximum absolute atomic E-state index is 5.93. The van der Waals surface area contributed by atoms with E-state index in [1.807, 2.05) is 12.1 Å². The third-order valence-corrected chi connectivity index (χ3v) is 6.19. The van der Waals surface area contributed by atoms with Gasteiger partial charge in [0, 0.05) is 34.3 Å². The fraction of sp³-hybridized carbons (Fsp3) is 0.167. The average Bonchev–Trinajstić information content (AvgIpc) is 3.22. The first-order valence-electron chi connectivity index (χ1n) is 10.0. The van der Waals surface area contributed by atoms with Gasteiger partial charge >= 0.3 is 0 Å². The van der Waals surface area contributed by atoms with Crippen LogP contribution in [0.2, 0.25) is 0 Å². The Balaban J connectivity index is 1.45. The molecule has 2 heterocycles. The lowest BCUT2D eigenvalue weighted by molar-refractivity contribution is 0.294. The van der Waals surface area contributed by atoms with Crippen molar-refractivity contribution in [3.05, 3.63) is 82.9 Å². The summed E-state index contributed by atoms with van der Waals surface area (Å²) in [5.41, 5.74) is 8.48. The molecular weight excluding hydrogens is 406 g/mol. The molecule has 0 saturated heterocycles. The lowest BCUT2D eigenvalue weighted by Crippen LogP contribution is -2.31. The number of aryl methyl sites for hydroxylation is 2. The first kappa shape index (κ1) is 20.8. The highest BCUT2D eigenvalue weighted by Gasteiger charge is 2.10. The molecule has 31 heavy (non-hydrogen) atoms. The quantitative estimate of drug-likeness (QED) is 0.173. The number of benzene rings is 2. The lowest BCUT2D eigenvalue weighted by Gasteiger charge is -2.08. The number of nitrogens with two attached hydrogens (primary N) is 2. The van der Waals surface area contributed by atoms with Gasteiger partial charge in [-0.05, 0) is 53.1 Å². The molecular formula is C24H25N5OS. The van der Waals surface area contributed by atoms with Crippen molar-refractivity contribution in [2.75, 3.05) is 0 Å². The van der Waals surface area contributed by atoms with Crippen molar-refractivity contribution in [3.63, 3.8) is 0 Å². The van der Waals surface area contributed by atoms with Crippen LogP contribution in [0.3, 0.4) is 0 Å². The van der Waals surface area contributed by atoms with Gasteiger partial charge in [-0.1, -0.05) is 36.4 Å². The molecule has 4 aromatic rings. The first-order chi connectivity index (χ1) is 15.2. The van der Waals surface area contributed by atoms with E-state index in [4.69, 9.17) is 16.4 Å². The van der Waals surface area contributed by atoms with E-state index in [2.05, 4.69) is 70.3 Å². The summed E-state index contributed by atoms with van der Waals surface area (Å²) in [7, 11) is 0. The molecule has 0 amide bonds. The predicted molar refractivity (Wildman–Crippen MR) is 128 cm³/mol. The number of amidine groups is 1. The smallest absolute Gasteiger partial charge is 0.213 e. The van der Waals surface area contributed by atoms with E-state index in [1.165, 1.54) is 26.8 Å². The van der Waals surface area contributed by atoms with Crippen LogP contribution in [0.4, 0.5) is 0 Å². The minimum Gasteiger partial charge on any atom is -0.473 e. The number of fused-ring (bicyclic) bond motifs is 1. The zero-order valence-corrected chi connectivity index (χ0v) is 18.2. The molecule has 0 atom stereocenters. The second-order valence-electron chi connectivity index (χ2n) is 7.31. The van der Waals surface area contributed by atoms with Crippen molar-refractivity contribution in [2.45, 2.75) is 26.4 Å². The highest BCUT2D eigenvalue weighted by molar-refractivity contribution is 7.17. The first-order valence-corrected chi connectivity index (χ1v) is 10.9. The van der Waals surface area contributed by atoms with Crippen molar-refractivity contribution in [1.29, 1.82) is 0 Å². The fourth-order valence-corrected chi connectivity index (χ4v) is 4.43. The minimum atomic E-state index is 0.465. The van der Waals surface area contributed by atoms with Gasteiger partial charge in [-0.2, -0.15) is 5.10 Å². The molecule has 158 valence electrons. The molecule has 4 rings (SSSR count). The zero-order chi connectivity index (χ0) is 21.6. The third-order valence-electron chi connectivity index (χ3n) is 5.23. The Morgan fingerprint density at radius 3 is 2.68 bits per heavy atom. The van der Waals surface area contributed by atoms with Crippen LogP contribution in [0.15, 0.2) is 71.3 Å². The van der Waals surface area contributed by atoms with Crippen LogP contribution in [-0.4, -0.2) is 10.8 Å². The number of ether oxygens (including phenoxy) is 1. The highest BCUT2D eigenvalue weighted by Crippen LogP contribution is 2.36. The molecule has 0 unspecified atom stereocenters. The second-order valence-corrected chi connectivity index (χ2v) is 8.22. The topological polar surface area (TPSA) is 98.5 Å². The molecule has 0 aliphatic rings. The number of thiophene rings is 1. The lowest BCUT2D eigenvalue weighted by atomic mass is 9.99. The number of hydrogen-bond donors (Lipinski definition) is 3. The Labute approximate surface area is 185 Å². The molecule has 0 fully saturated rings. The van der Waals surface area contributed by atoms with E-state index in [9.17, 15) is 0 Å². The molecule has 0 bridgehead atoms. The van der Waals surface area contributed by atoms with Gasteiger partial charge < -0.3 is 16.0 Å². The summed E-state index contributed by atoms with van der Waals surface area (Å²) in [6.45, 7) is 2.61. The number of nitrogens with one attached hydrogen (secondary N) is 1. The van der Waals surface area contributed by atoms with E-state index in [1.54, 1.807) is 17.5 Å². The summed E-state index contributed by atoms with van der Waals surface area (Å²) < 4.78 is 7.20. The molecule has 5 N–H and O–H groups in total. The number of pyridine rings is 1. The Hall–Kier alpha value is -3.42. The molecule has 0 radical (unpaired) electrons. The molecule has 7 heteroatoms. The number of hydrazone groups is 1. The van der Waals surface area contributed by atoms with Crippen LogP contribution in [0.5, 0.6) is 5.88 Å². The summed E-state index contributed by atoms with van der Waals surface area (Å²) in [6.07, 6.45) is 3.17. The van der Waals surface area contributed by atoms with Crippen LogP contribution >= 0.6 is 11.3 Å². The molecule has 2 aromatic carbocycles. The molecule has 6 nitrogen and oxygen atoms in total. The van der Waals surface area contributed by atoms with Gasteiger partial charge in [-0.3, -0.25) is 0 Å². The van der Waals surface area contributed by atoms with Gasteiger partial charge in [-0.25, -0.2) is 10.8 Å². The summed E-state index contributed by atoms with van der Waals surface area (Å²) in [5.74, 6) is 11.7. The Kier molecular flexibility index (Phi) is 6.45. The van der Waals surface area contributed by atoms with E-state index in [0.717, 1.165) is 17.5 Å². The largest absolute Gasteiger partial charge is 0.473 e. The summed E-state index contributed by atoms with van der Waals surface area (Å²) in [4.78, 5) is 4.41. The van der Waals surface area contributed by atoms with E-state index < -0.39 is 0 Å². The number of hydrogen-bond acceptors (Lipinski definition) is 6. The van der Waals surface area contributed by atoms with Crippen molar-refractivity contribution < 1.29 is 4.74 Å². The van der Waals surface area contributed by atoms with Crippen LogP contribution < -0.4 is 21.8 Å². The second kappa shape index (κ2) is 9.59. The van der Waals surface area contributed by atoms with E-state index >= 15 is 0 Å². The fourth-order valence-electron chi connectivity index (χ4n) is 3.49. The maximum Gasteiger partial charge on any atom is 0.213 e. The summed E-state index contributed by atoms with van der Waals surface area (Å²) in [5, 5.41) is 7.08. The van der Waals surface area contributed by atoms with Crippen molar-refractivity contribution >= 4 is 27.3 Å². The van der Waals surface area contributed by atoms with Crippen molar-refractivity contribution in [2.24, 2.45) is 16.8 Å². The molecule has 0 aliphatic carbocycles. The third kappa shape index (κ3) is 4.84. The van der Waals surface area contributed by atoms with Crippen LogP contribution in [0, 0.1) is 6.92 Å². The minimum absolute atomic E-state index is 0.465. The highest BCUT2D eigenvalue weighted by atomic mass is 32.1. The van der Waals surface area contributed by atoms with Gasteiger partial charge in [0.05, 0.1) is 0 Å². The monoisotopic (exact) mass is 431 g/mol. The zero-order valence-electron chi connectivity index (χ0n) is 17.3. The Bertz CT molecular complexity index is 1200. The summed E-state index contributed by atoms with van der Waals surface area (Å²) >= 11 is 1.77. The van der Waals surface area contributed by atoms with Crippen LogP contribution in [-0.2, 0) is 13.0 Å². The van der Waals surface area contributed by atoms with E-state index in [-0.39, 0.29) is 0 Å². The average molecular weight is 432 g/mol. The molecule has 0 spiro atoms. The number of rotatable bonds is 7. The van der Waals surface area contributed by atoms with Crippen LogP contribution in [0.1, 0.15) is 23.1 Å². The number of hydrazine groups is 1. The Morgan fingerprint density at radius 1 is 1.10 bits per heavy atom. The SMILES string of the molecule is Cc1ccccc1-c1csc2ccc(COc3ccc(CCC(=NN)NN)cn3)cc12. The van der Waals surface area contributed by atoms with Crippen molar-refractivity contribution in [3.8, 4) is 17.0 Å². The van der Waals surface area contributed by atoms with Crippen LogP contribution in [0.25, 0.3) is 21.2 Å². The molecule has 0 aliphatic heterocycles. The predicted octanol–water partition coefficient (Wildman–Crippen LogP) is 4.52. The maximum atomic E-state index is 5.93. The molecule has 2 aromatic heterocycles. The molecule has 0 saturated carbocycles. The van der Waals surface area contributed by atoms with Gasteiger partial charge in [0.15, 0.2) is 0 Å². The number of aromatic nitrogens is 1. The normalized spacial score (nSPS) is 11.6. The van der Waals surface area contributed by atoms with Gasteiger partial charge in [0.2, 0.25) is 5.88 Å². The number of nitrogens with zero attached hydrogens (tertiary/aromatic N) is 2. The van der Waals surface area contributed by atoms with Gasteiger partial charge in [-0.15, -0.1) is 11.3 Å². The van der Waals surface area contributed by atoms with Crippen molar-refractivity contribution in [1.82, 2.24) is 10.4 Å². The van der Waals surface area contributed by atoms with E-state index in [0.29, 0.717) is 24.7 Å².